The zero-order valence-corrected chi connectivity index (χ0v) is 16.5. The van der Waals surface area contributed by atoms with Gasteiger partial charge in [-0.2, -0.15) is 0 Å². The Morgan fingerprint density at radius 3 is 1.96 bits per heavy atom. The quantitative estimate of drug-likeness (QED) is 0.862. The lowest BCUT2D eigenvalue weighted by atomic mass is 10.2. The number of hydrogen-bond donors (Lipinski definition) is 2. The maximum absolute atomic E-state index is 8.91. The van der Waals surface area contributed by atoms with Crippen molar-refractivity contribution in [2.75, 3.05) is 19.8 Å². The Morgan fingerprint density at radius 2 is 1.57 bits per heavy atom. The molecular formula is C18H34O4S. The molecule has 2 rings (SSSR count). The molecule has 1 aliphatic rings. The van der Waals surface area contributed by atoms with Crippen molar-refractivity contribution in [3.8, 4) is 11.5 Å². The van der Waals surface area contributed by atoms with E-state index in [2.05, 4.69) is 34.6 Å². The van der Waals surface area contributed by atoms with E-state index in [1.165, 1.54) is 0 Å². The zero-order valence-electron chi connectivity index (χ0n) is 15.7. The molecule has 1 aromatic rings. The highest BCUT2D eigenvalue weighted by atomic mass is 32.1. The summed E-state index contributed by atoms with van der Waals surface area (Å²) in [6.07, 6.45) is 0.722. The van der Waals surface area contributed by atoms with E-state index < -0.39 is 0 Å². The van der Waals surface area contributed by atoms with Gasteiger partial charge in [-0.1, -0.05) is 34.6 Å². The van der Waals surface area contributed by atoms with Crippen molar-refractivity contribution in [3.05, 3.63) is 9.75 Å². The van der Waals surface area contributed by atoms with Crippen molar-refractivity contribution in [2.24, 2.45) is 11.8 Å². The second-order valence-electron chi connectivity index (χ2n) is 6.74. The number of hydrogen-bond acceptors (Lipinski definition) is 5. The Balaban J connectivity index is 0.000000407. The van der Waals surface area contributed by atoms with Crippen LogP contribution in [0.1, 0.15) is 50.8 Å². The fraction of sp³-hybridized carbons (Fsp3) is 0.778. The molecule has 2 N–H and O–H groups in total. The summed E-state index contributed by atoms with van der Waals surface area (Å²) in [4.78, 5) is 2.26. The molecule has 0 bridgehead atoms. The van der Waals surface area contributed by atoms with Gasteiger partial charge >= 0.3 is 0 Å². The van der Waals surface area contributed by atoms with Crippen molar-refractivity contribution in [2.45, 2.75) is 61.0 Å². The van der Waals surface area contributed by atoms with Gasteiger partial charge in [0.15, 0.2) is 17.6 Å². The van der Waals surface area contributed by atoms with E-state index in [-0.39, 0.29) is 12.7 Å². The summed E-state index contributed by atoms with van der Waals surface area (Å²) in [5.74, 6) is 3.15. The van der Waals surface area contributed by atoms with Gasteiger partial charge < -0.3 is 19.7 Å². The molecule has 0 spiro atoms. The molecule has 0 aromatic carbocycles. The van der Waals surface area contributed by atoms with Crippen LogP contribution in [0.4, 0.5) is 0 Å². The minimum absolute atomic E-state index is 0.00771. The monoisotopic (exact) mass is 346 g/mol. The second kappa shape index (κ2) is 11.7. The van der Waals surface area contributed by atoms with Crippen LogP contribution < -0.4 is 9.47 Å². The van der Waals surface area contributed by atoms with Crippen LogP contribution in [0.3, 0.4) is 0 Å². The third kappa shape index (κ3) is 9.18. The highest BCUT2D eigenvalue weighted by molar-refractivity contribution is 7.12. The Hall–Kier alpha value is -0.780. The molecule has 1 atom stereocenters. The molecule has 1 unspecified atom stereocenters. The molecular weight excluding hydrogens is 312 g/mol. The highest BCUT2D eigenvalue weighted by Crippen LogP contribution is 2.43. The minimum atomic E-state index is -0.208. The van der Waals surface area contributed by atoms with Crippen LogP contribution in [0.2, 0.25) is 0 Å². The molecule has 0 saturated heterocycles. The molecule has 23 heavy (non-hydrogen) atoms. The van der Waals surface area contributed by atoms with Crippen LogP contribution in [0, 0.1) is 25.7 Å². The van der Waals surface area contributed by atoms with Crippen LogP contribution in [-0.2, 0) is 0 Å². The molecule has 0 radical (unpaired) electrons. The first-order valence-corrected chi connectivity index (χ1v) is 9.15. The average molecular weight is 347 g/mol. The predicted octanol–water partition coefficient (Wildman–Crippen LogP) is 4.18. The molecule has 0 saturated carbocycles. The maximum atomic E-state index is 8.91. The average Bonchev–Trinajstić information content (AvgIpc) is 2.73. The molecule has 1 aromatic heterocycles. The van der Waals surface area contributed by atoms with E-state index in [1.54, 1.807) is 11.3 Å². The SMILES string of the molecule is CC(C)C.CC(C)CCO.Cc1sc(C)c2c1OCC(CO)O2. The van der Waals surface area contributed by atoms with Gasteiger partial charge in [-0.15, -0.1) is 11.3 Å². The maximum Gasteiger partial charge on any atom is 0.175 e. The minimum Gasteiger partial charge on any atom is -0.485 e. The van der Waals surface area contributed by atoms with Crippen molar-refractivity contribution in [1.29, 1.82) is 0 Å². The van der Waals surface area contributed by atoms with Gasteiger partial charge in [0.1, 0.15) is 6.61 Å². The van der Waals surface area contributed by atoms with E-state index in [0.29, 0.717) is 19.1 Å². The van der Waals surface area contributed by atoms with E-state index in [1.807, 2.05) is 13.8 Å². The van der Waals surface area contributed by atoms with Crippen molar-refractivity contribution in [1.82, 2.24) is 0 Å². The van der Waals surface area contributed by atoms with E-state index >= 15 is 0 Å². The first-order valence-electron chi connectivity index (χ1n) is 8.33. The van der Waals surface area contributed by atoms with Gasteiger partial charge in [0.25, 0.3) is 0 Å². The third-order valence-corrected chi connectivity index (χ3v) is 3.74. The Bertz CT molecular complexity index is 424. The Labute approximate surface area is 145 Å². The Morgan fingerprint density at radius 1 is 1.04 bits per heavy atom. The normalized spacial score (nSPS) is 15.7. The molecule has 0 amide bonds. The van der Waals surface area contributed by atoms with Crippen molar-refractivity contribution >= 4 is 11.3 Å². The number of aryl methyl sites for hydroxylation is 2. The van der Waals surface area contributed by atoms with E-state index in [9.17, 15) is 0 Å². The number of ether oxygens (including phenoxy) is 2. The topological polar surface area (TPSA) is 58.9 Å². The third-order valence-electron chi connectivity index (χ3n) is 2.76. The number of fused-ring (bicyclic) bond motifs is 1. The van der Waals surface area contributed by atoms with Crippen LogP contribution in [0.15, 0.2) is 0 Å². The summed E-state index contributed by atoms with van der Waals surface area (Å²) >= 11 is 1.67. The van der Waals surface area contributed by atoms with Crippen LogP contribution in [0.5, 0.6) is 11.5 Å². The molecule has 0 aliphatic carbocycles. The van der Waals surface area contributed by atoms with Crippen LogP contribution in [0.25, 0.3) is 0 Å². The highest BCUT2D eigenvalue weighted by Gasteiger charge is 2.25. The largest absolute Gasteiger partial charge is 0.485 e. The number of aliphatic hydroxyl groups is 2. The van der Waals surface area contributed by atoms with Gasteiger partial charge in [0, 0.05) is 16.4 Å². The van der Waals surface area contributed by atoms with E-state index in [0.717, 1.165) is 33.6 Å². The number of aliphatic hydroxyl groups excluding tert-OH is 2. The lowest BCUT2D eigenvalue weighted by molar-refractivity contribution is 0.0457. The zero-order chi connectivity index (χ0) is 18.0. The smallest absolute Gasteiger partial charge is 0.175 e. The molecule has 1 aliphatic heterocycles. The van der Waals surface area contributed by atoms with Gasteiger partial charge in [-0.25, -0.2) is 0 Å². The van der Waals surface area contributed by atoms with Crippen LogP contribution in [-0.4, -0.2) is 36.1 Å². The van der Waals surface area contributed by atoms with Crippen molar-refractivity contribution < 1.29 is 19.7 Å². The summed E-state index contributed by atoms with van der Waals surface area (Å²) in [7, 11) is 0. The summed E-state index contributed by atoms with van der Waals surface area (Å²) in [5, 5.41) is 17.1. The number of rotatable bonds is 3. The fourth-order valence-electron chi connectivity index (χ4n) is 1.67. The van der Waals surface area contributed by atoms with Gasteiger partial charge in [0.05, 0.1) is 6.61 Å². The number of thiophene rings is 1. The van der Waals surface area contributed by atoms with Gasteiger partial charge in [-0.05, 0) is 32.1 Å². The van der Waals surface area contributed by atoms with E-state index in [4.69, 9.17) is 19.7 Å². The van der Waals surface area contributed by atoms with Crippen molar-refractivity contribution in [3.63, 3.8) is 0 Å². The fourth-order valence-corrected chi connectivity index (χ4v) is 2.61. The predicted molar refractivity (Wildman–Crippen MR) is 97.8 cm³/mol. The molecule has 4 nitrogen and oxygen atoms in total. The summed E-state index contributed by atoms with van der Waals surface area (Å²) in [5.41, 5.74) is 0. The molecule has 5 heteroatoms. The second-order valence-corrected chi connectivity index (χ2v) is 8.17. The first-order chi connectivity index (χ1) is 10.7. The van der Waals surface area contributed by atoms with Crippen LogP contribution >= 0.6 is 11.3 Å². The molecule has 0 fully saturated rings. The first kappa shape index (κ1) is 22.2. The molecule has 2 heterocycles. The lowest BCUT2D eigenvalue weighted by Gasteiger charge is -2.23. The summed E-state index contributed by atoms with van der Waals surface area (Å²) in [6.45, 7) is 15.5. The standard InChI is InChI=1S/C9H12O3S.C5H12O.C4H10/c1-5-8-9(6(2)13-5)12-7(3-10)4-11-8;1-5(2)3-4-6;1-4(2)3/h7,10H,3-4H2,1-2H3;5-6H,3-4H2,1-2H3;4H,1-3H3. The summed E-state index contributed by atoms with van der Waals surface area (Å²) < 4.78 is 11.1. The Kier molecular flexibility index (Phi) is 11.3. The van der Waals surface area contributed by atoms with Gasteiger partial charge in [0.2, 0.25) is 0 Å². The summed E-state index contributed by atoms with van der Waals surface area (Å²) in [6, 6.07) is 0. The molecule has 136 valence electrons. The lowest BCUT2D eigenvalue weighted by Crippen LogP contribution is -2.32. The van der Waals surface area contributed by atoms with Gasteiger partial charge in [-0.3, -0.25) is 0 Å².